The molecule has 0 saturated heterocycles. The molecule has 4 nitrogen and oxygen atoms in total. The van der Waals surface area contributed by atoms with Crippen LogP contribution in [0.4, 0.5) is 0 Å². The van der Waals surface area contributed by atoms with Gasteiger partial charge in [0.2, 0.25) is 0 Å². The van der Waals surface area contributed by atoms with Gasteiger partial charge in [0.15, 0.2) is 0 Å². The number of para-hydroxylation sites is 2. The first kappa shape index (κ1) is 22.5. The van der Waals surface area contributed by atoms with E-state index in [9.17, 15) is 5.11 Å². The summed E-state index contributed by atoms with van der Waals surface area (Å²) in [4.78, 5) is 9.87. The second-order valence-electron chi connectivity index (χ2n) is 10.0. The molecule has 0 radical (unpaired) electrons. The summed E-state index contributed by atoms with van der Waals surface area (Å²) in [5, 5.41) is 13.8. The van der Waals surface area contributed by atoms with Gasteiger partial charge < -0.3 is 5.11 Å². The summed E-state index contributed by atoms with van der Waals surface area (Å²) in [6.45, 7) is 0. The summed E-state index contributed by atoms with van der Waals surface area (Å²) >= 11 is 0. The van der Waals surface area contributed by atoms with Crippen LogP contribution in [0.5, 0.6) is 5.75 Å². The van der Waals surface area contributed by atoms with Crippen molar-refractivity contribution < 1.29 is 5.11 Å². The maximum absolute atomic E-state index is 10.9. The average Bonchev–Trinajstić information content (AvgIpc) is 3.42. The highest BCUT2D eigenvalue weighted by Gasteiger charge is 2.18. The monoisotopic (exact) mass is 513 g/mol. The highest BCUT2D eigenvalue weighted by Crippen LogP contribution is 2.39. The molecule has 0 atom stereocenters. The van der Waals surface area contributed by atoms with Crippen molar-refractivity contribution in [2.45, 2.75) is 0 Å². The van der Waals surface area contributed by atoms with Crippen molar-refractivity contribution in [1.82, 2.24) is 14.4 Å². The second-order valence-corrected chi connectivity index (χ2v) is 10.0. The average molecular weight is 514 g/mol. The van der Waals surface area contributed by atoms with Gasteiger partial charge in [-0.2, -0.15) is 0 Å². The molecule has 3 aromatic heterocycles. The Hall–Kier alpha value is -5.48. The molecule has 0 fully saturated rings. The van der Waals surface area contributed by atoms with Crippen LogP contribution in [-0.4, -0.2) is 19.5 Å². The van der Waals surface area contributed by atoms with E-state index in [-0.39, 0.29) is 5.75 Å². The fourth-order valence-corrected chi connectivity index (χ4v) is 5.88. The lowest BCUT2D eigenvalue weighted by Gasteiger charge is -2.10. The van der Waals surface area contributed by atoms with E-state index in [1.165, 1.54) is 5.56 Å². The van der Waals surface area contributed by atoms with Gasteiger partial charge in [0.25, 0.3) is 0 Å². The lowest BCUT2D eigenvalue weighted by atomic mass is 9.99. The highest BCUT2D eigenvalue weighted by atomic mass is 16.3. The predicted octanol–water partition coefficient (Wildman–Crippen LogP) is 8.90. The minimum Gasteiger partial charge on any atom is -0.507 e. The van der Waals surface area contributed by atoms with Crippen LogP contribution in [0.25, 0.3) is 71.9 Å². The van der Waals surface area contributed by atoms with Gasteiger partial charge >= 0.3 is 0 Å². The van der Waals surface area contributed by atoms with Gasteiger partial charge in [-0.3, -0.25) is 9.38 Å². The Bertz CT molecular complexity index is 2230. The SMILES string of the molecule is Oc1cccc2c3ccccc3n3c4cccc(-c5cccc(-c6cc(-c7ccccc7)ccn6)c5)c4nc3c12. The highest BCUT2D eigenvalue weighted by molar-refractivity contribution is 6.16. The zero-order valence-electron chi connectivity index (χ0n) is 21.5. The Morgan fingerprint density at radius 2 is 1.27 bits per heavy atom. The quantitative estimate of drug-likeness (QED) is 0.240. The van der Waals surface area contributed by atoms with Crippen molar-refractivity contribution in [1.29, 1.82) is 0 Å². The van der Waals surface area contributed by atoms with Crippen LogP contribution in [0.3, 0.4) is 0 Å². The number of aromatic hydroxyl groups is 1. The number of fused-ring (bicyclic) bond motifs is 8. The molecule has 8 rings (SSSR count). The van der Waals surface area contributed by atoms with E-state index in [0.29, 0.717) is 0 Å². The summed E-state index contributed by atoms with van der Waals surface area (Å²) in [7, 11) is 0. The number of aromatic nitrogens is 3. The van der Waals surface area contributed by atoms with Crippen molar-refractivity contribution in [3.05, 3.63) is 134 Å². The van der Waals surface area contributed by atoms with Crippen molar-refractivity contribution in [3.63, 3.8) is 0 Å². The zero-order chi connectivity index (χ0) is 26.6. The lowest BCUT2D eigenvalue weighted by Crippen LogP contribution is -1.91. The Kier molecular flexibility index (Phi) is 4.94. The summed E-state index contributed by atoms with van der Waals surface area (Å²) in [6, 6.07) is 43.3. The molecule has 5 aromatic carbocycles. The van der Waals surface area contributed by atoms with Gasteiger partial charge in [0, 0.05) is 22.7 Å². The third-order valence-electron chi connectivity index (χ3n) is 7.72. The van der Waals surface area contributed by atoms with Crippen LogP contribution in [0.2, 0.25) is 0 Å². The van der Waals surface area contributed by atoms with Gasteiger partial charge in [0.05, 0.1) is 27.6 Å². The van der Waals surface area contributed by atoms with Crippen molar-refractivity contribution in [2.24, 2.45) is 0 Å². The fourth-order valence-electron chi connectivity index (χ4n) is 5.88. The molecule has 0 aliphatic heterocycles. The molecule has 8 aromatic rings. The summed E-state index contributed by atoms with van der Waals surface area (Å²) in [5.74, 6) is 0.233. The smallest absolute Gasteiger partial charge is 0.150 e. The first-order chi connectivity index (χ1) is 19.8. The van der Waals surface area contributed by atoms with Crippen molar-refractivity contribution in [3.8, 4) is 39.3 Å². The van der Waals surface area contributed by atoms with Crippen molar-refractivity contribution >= 4 is 38.4 Å². The largest absolute Gasteiger partial charge is 0.507 e. The number of imidazole rings is 1. The Balaban J connectivity index is 1.36. The molecular weight excluding hydrogens is 490 g/mol. The number of nitrogens with zero attached hydrogens (tertiary/aromatic N) is 3. The zero-order valence-corrected chi connectivity index (χ0v) is 21.5. The van der Waals surface area contributed by atoms with E-state index in [2.05, 4.69) is 95.4 Å². The van der Waals surface area contributed by atoms with Gasteiger partial charge in [-0.25, -0.2) is 4.98 Å². The maximum atomic E-state index is 10.9. The topological polar surface area (TPSA) is 50.4 Å². The minimum absolute atomic E-state index is 0.233. The molecule has 3 heterocycles. The van der Waals surface area contributed by atoms with Crippen LogP contribution in [0, 0.1) is 0 Å². The standard InChI is InChI=1S/C36H23N3O/c40-33-18-8-15-29-28-13-4-5-16-31(28)39-32-17-7-14-27(35(32)38-36(39)34(29)33)25-11-6-12-26(21-25)30-22-24(19-20-37-30)23-9-2-1-3-10-23/h1-22,40H. The molecule has 188 valence electrons. The Labute approximate surface area is 230 Å². The number of hydrogen-bond donors (Lipinski definition) is 1. The number of rotatable bonds is 3. The first-order valence-corrected chi connectivity index (χ1v) is 13.3. The number of benzene rings is 5. The second kappa shape index (κ2) is 8.79. The fraction of sp³-hybridized carbons (Fsp3) is 0. The van der Waals surface area contributed by atoms with Crippen LogP contribution in [0.1, 0.15) is 0 Å². The van der Waals surface area contributed by atoms with Crippen LogP contribution >= 0.6 is 0 Å². The summed E-state index contributed by atoms with van der Waals surface area (Å²) < 4.78 is 2.17. The summed E-state index contributed by atoms with van der Waals surface area (Å²) in [5.41, 5.74) is 10.1. The molecular formula is C36H23N3O. The van der Waals surface area contributed by atoms with E-state index in [0.717, 1.165) is 66.3 Å². The van der Waals surface area contributed by atoms with Crippen LogP contribution in [-0.2, 0) is 0 Å². The first-order valence-electron chi connectivity index (χ1n) is 13.3. The lowest BCUT2D eigenvalue weighted by molar-refractivity contribution is 0.482. The molecule has 40 heavy (non-hydrogen) atoms. The minimum atomic E-state index is 0.233. The molecule has 0 spiro atoms. The van der Waals surface area contributed by atoms with E-state index in [4.69, 9.17) is 9.97 Å². The van der Waals surface area contributed by atoms with E-state index in [1.54, 1.807) is 6.07 Å². The number of pyridine rings is 2. The van der Waals surface area contributed by atoms with E-state index < -0.39 is 0 Å². The molecule has 0 unspecified atom stereocenters. The molecule has 0 saturated carbocycles. The number of phenolic OH excluding ortho intramolecular Hbond substituents is 1. The van der Waals surface area contributed by atoms with Crippen LogP contribution < -0.4 is 0 Å². The Morgan fingerprint density at radius 1 is 0.550 bits per heavy atom. The Morgan fingerprint density at radius 3 is 2.20 bits per heavy atom. The van der Waals surface area contributed by atoms with Gasteiger partial charge in [-0.05, 0) is 58.5 Å². The number of phenols is 1. The molecule has 4 heteroatoms. The van der Waals surface area contributed by atoms with Crippen LogP contribution in [0.15, 0.2) is 134 Å². The summed E-state index contributed by atoms with van der Waals surface area (Å²) in [6.07, 6.45) is 1.87. The molecule has 1 N–H and O–H groups in total. The predicted molar refractivity (Wildman–Crippen MR) is 163 cm³/mol. The van der Waals surface area contributed by atoms with E-state index in [1.807, 2.05) is 36.5 Å². The molecule has 0 aliphatic carbocycles. The molecule has 0 bridgehead atoms. The normalized spacial score (nSPS) is 11.6. The third kappa shape index (κ3) is 3.40. The van der Waals surface area contributed by atoms with Crippen molar-refractivity contribution in [2.75, 3.05) is 0 Å². The molecule has 0 amide bonds. The maximum Gasteiger partial charge on any atom is 0.150 e. The van der Waals surface area contributed by atoms with Gasteiger partial charge in [-0.1, -0.05) is 91.0 Å². The van der Waals surface area contributed by atoms with E-state index >= 15 is 0 Å². The van der Waals surface area contributed by atoms with Gasteiger partial charge in [-0.15, -0.1) is 0 Å². The third-order valence-corrected chi connectivity index (χ3v) is 7.72. The number of hydrogen-bond acceptors (Lipinski definition) is 3. The van der Waals surface area contributed by atoms with Gasteiger partial charge in [0.1, 0.15) is 11.4 Å². The molecule has 0 aliphatic rings.